The van der Waals surface area contributed by atoms with Gasteiger partial charge in [0.1, 0.15) is 0 Å². The van der Waals surface area contributed by atoms with Gasteiger partial charge in [-0.25, -0.2) is 0 Å². The highest BCUT2D eigenvalue weighted by Gasteiger charge is 2.50. The van der Waals surface area contributed by atoms with E-state index in [0.29, 0.717) is 12.0 Å². The number of hydrogen-bond acceptors (Lipinski definition) is 2. The minimum absolute atomic E-state index is 0.122. The Kier molecular flexibility index (Phi) is 2.66. The lowest BCUT2D eigenvalue weighted by atomic mass is 9.75. The Labute approximate surface area is 99.0 Å². The molecular weight excluding hydrogens is 196 g/mol. The quantitative estimate of drug-likeness (QED) is 0.750. The third-order valence-electron chi connectivity index (χ3n) is 3.72. The highest BCUT2D eigenvalue weighted by Crippen LogP contribution is 2.51. The maximum absolute atomic E-state index is 6.03. The van der Waals surface area contributed by atoms with Crippen LogP contribution in [0.5, 0.6) is 0 Å². The second kappa shape index (κ2) is 3.63. The fourth-order valence-corrected chi connectivity index (χ4v) is 2.66. The lowest BCUT2D eigenvalue weighted by Gasteiger charge is -2.38. The summed E-state index contributed by atoms with van der Waals surface area (Å²) in [5.41, 5.74) is 7.74. The molecule has 1 fully saturated rings. The van der Waals surface area contributed by atoms with Crippen LogP contribution in [0.1, 0.15) is 40.5 Å². The van der Waals surface area contributed by atoms with Crippen molar-refractivity contribution in [2.24, 2.45) is 17.1 Å². The molecule has 0 bridgehead atoms. The third-order valence-corrected chi connectivity index (χ3v) is 3.72. The second-order valence-electron chi connectivity index (χ2n) is 6.51. The molecule has 3 atom stereocenters. The van der Waals surface area contributed by atoms with Gasteiger partial charge < -0.3 is 11.1 Å². The Morgan fingerprint density at radius 3 is 2.56 bits per heavy atom. The van der Waals surface area contributed by atoms with E-state index in [2.05, 4.69) is 51.2 Å². The molecule has 90 valence electrons. The maximum Gasteiger partial charge on any atom is 0.0286 e. The van der Waals surface area contributed by atoms with Gasteiger partial charge in [0.15, 0.2) is 0 Å². The van der Waals surface area contributed by atoms with Crippen molar-refractivity contribution < 1.29 is 0 Å². The van der Waals surface area contributed by atoms with Crippen LogP contribution in [0, 0.1) is 11.3 Å². The number of nitrogens with two attached hydrogens (primary N) is 1. The highest BCUT2D eigenvalue weighted by atomic mass is 15.0. The topological polar surface area (TPSA) is 38.0 Å². The average molecular weight is 220 g/mol. The van der Waals surface area contributed by atoms with Crippen molar-refractivity contribution in [2.75, 3.05) is 0 Å². The second-order valence-corrected chi connectivity index (χ2v) is 6.51. The summed E-state index contributed by atoms with van der Waals surface area (Å²) in [4.78, 5) is 0. The normalized spacial score (nSPS) is 38.2. The molecule has 2 aliphatic carbocycles. The number of nitrogens with one attached hydrogen (secondary N) is 1. The van der Waals surface area contributed by atoms with Gasteiger partial charge >= 0.3 is 0 Å². The lowest BCUT2D eigenvalue weighted by molar-refractivity contribution is 0.285. The molecule has 3 N–H and O–H groups in total. The van der Waals surface area contributed by atoms with Gasteiger partial charge in [-0.05, 0) is 45.6 Å². The smallest absolute Gasteiger partial charge is 0.0286 e. The molecule has 1 saturated carbocycles. The molecule has 0 spiro atoms. The minimum Gasteiger partial charge on any atom is -0.383 e. The first-order valence-electron chi connectivity index (χ1n) is 6.24. The van der Waals surface area contributed by atoms with Gasteiger partial charge in [-0.3, -0.25) is 0 Å². The van der Waals surface area contributed by atoms with Crippen molar-refractivity contribution in [1.82, 2.24) is 5.32 Å². The standard InChI is InChI=1S/C14H24N2/c1-13(2,3)16-12-7-5-6-8-14(12,4)10-9-11(10)15/h5-7,10-11,16H,8-9,15H2,1-4H3/t10-,11?,14?/m1/s1. The van der Waals surface area contributed by atoms with Gasteiger partial charge in [0.25, 0.3) is 0 Å². The van der Waals surface area contributed by atoms with E-state index in [4.69, 9.17) is 5.73 Å². The molecule has 2 rings (SSSR count). The number of rotatable bonds is 2. The van der Waals surface area contributed by atoms with Gasteiger partial charge in [0.05, 0.1) is 0 Å². The SMILES string of the molecule is CC(C)(C)NC1=CC=CCC1(C)[C@@H]1CC1N. The molecule has 0 aromatic heterocycles. The van der Waals surface area contributed by atoms with E-state index >= 15 is 0 Å². The Morgan fingerprint density at radius 2 is 2.06 bits per heavy atom. The van der Waals surface area contributed by atoms with Gasteiger partial charge in [-0.2, -0.15) is 0 Å². The lowest BCUT2D eigenvalue weighted by Crippen LogP contribution is -2.43. The summed E-state index contributed by atoms with van der Waals surface area (Å²) in [5, 5.41) is 3.64. The molecule has 2 aliphatic rings. The number of hydrogen-bond donors (Lipinski definition) is 2. The van der Waals surface area contributed by atoms with Crippen molar-refractivity contribution in [3.63, 3.8) is 0 Å². The predicted molar refractivity (Wildman–Crippen MR) is 68.9 cm³/mol. The van der Waals surface area contributed by atoms with E-state index in [1.165, 1.54) is 12.1 Å². The monoisotopic (exact) mass is 220 g/mol. The van der Waals surface area contributed by atoms with E-state index in [0.717, 1.165) is 6.42 Å². The Bertz CT molecular complexity index is 335. The number of allylic oxidation sites excluding steroid dienone is 4. The zero-order valence-corrected chi connectivity index (χ0v) is 10.9. The third kappa shape index (κ3) is 2.17. The van der Waals surface area contributed by atoms with Crippen LogP contribution in [0.4, 0.5) is 0 Å². The van der Waals surface area contributed by atoms with Gasteiger partial charge in [-0.15, -0.1) is 0 Å². The molecule has 0 aromatic rings. The van der Waals surface area contributed by atoms with Crippen LogP contribution in [-0.2, 0) is 0 Å². The molecule has 2 nitrogen and oxygen atoms in total. The molecule has 0 heterocycles. The zero-order chi connectivity index (χ0) is 12.0. The summed E-state index contributed by atoms with van der Waals surface area (Å²) in [7, 11) is 0. The Hall–Kier alpha value is -0.760. The predicted octanol–water partition coefficient (Wildman–Crippen LogP) is 2.57. The molecular formula is C14H24N2. The average Bonchev–Trinajstić information content (AvgIpc) is 2.85. The molecule has 0 radical (unpaired) electrons. The fraction of sp³-hybridized carbons (Fsp3) is 0.714. The molecule has 0 aliphatic heterocycles. The summed E-state index contributed by atoms with van der Waals surface area (Å²) >= 11 is 0. The highest BCUT2D eigenvalue weighted by molar-refractivity contribution is 5.29. The Morgan fingerprint density at radius 1 is 1.44 bits per heavy atom. The van der Waals surface area contributed by atoms with Crippen LogP contribution in [0.3, 0.4) is 0 Å². The minimum atomic E-state index is 0.122. The van der Waals surface area contributed by atoms with Crippen LogP contribution in [-0.4, -0.2) is 11.6 Å². The fourth-order valence-electron chi connectivity index (χ4n) is 2.66. The van der Waals surface area contributed by atoms with Crippen molar-refractivity contribution in [1.29, 1.82) is 0 Å². The first kappa shape index (κ1) is 11.7. The van der Waals surface area contributed by atoms with E-state index in [-0.39, 0.29) is 11.0 Å². The largest absolute Gasteiger partial charge is 0.383 e. The summed E-state index contributed by atoms with van der Waals surface area (Å²) in [6, 6.07) is 0.404. The molecule has 2 unspecified atom stereocenters. The molecule has 0 amide bonds. The maximum atomic E-state index is 6.03. The van der Waals surface area contributed by atoms with Crippen LogP contribution < -0.4 is 11.1 Å². The van der Waals surface area contributed by atoms with Gasteiger partial charge in [0, 0.05) is 22.7 Å². The molecule has 0 saturated heterocycles. The first-order valence-corrected chi connectivity index (χ1v) is 6.24. The summed E-state index contributed by atoms with van der Waals surface area (Å²) in [6.45, 7) is 8.97. The van der Waals surface area contributed by atoms with E-state index in [1.807, 2.05) is 0 Å². The van der Waals surface area contributed by atoms with Crippen LogP contribution in [0.25, 0.3) is 0 Å². The van der Waals surface area contributed by atoms with E-state index < -0.39 is 0 Å². The van der Waals surface area contributed by atoms with Crippen molar-refractivity contribution >= 4 is 0 Å². The molecule has 2 heteroatoms. The summed E-state index contributed by atoms with van der Waals surface area (Å²) in [6.07, 6.45) is 8.93. The van der Waals surface area contributed by atoms with Crippen LogP contribution >= 0.6 is 0 Å². The van der Waals surface area contributed by atoms with Crippen LogP contribution in [0.15, 0.2) is 23.9 Å². The van der Waals surface area contributed by atoms with Crippen molar-refractivity contribution in [2.45, 2.75) is 52.1 Å². The van der Waals surface area contributed by atoms with E-state index in [1.54, 1.807) is 0 Å². The van der Waals surface area contributed by atoms with Crippen molar-refractivity contribution in [3.8, 4) is 0 Å². The van der Waals surface area contributed by atoms with Crippen molar-refractivity contribution in [3.05, 3.63) is 23.9 Å². The van der Waals surface area contributed by atoms with E-state index in [9.17, 15) is 0 Å². The Balaban J connectivity index is 2.19. The van der Waals surface area contributed by atoms with Gasteiger partial charge in [0.2, 0.25) is 0 Å². The van der Waals surface area contributed by atoms with Crippen LogP contribution in [0.2, 0.25) is 0 Å². The summed E-state index contributed by atoms with van der Waals surface area (Å²) < 4.78 is 0. The zero-order valence-electron chi connectivity index (χ0n) is 10.9. The first-order chi connectivity index (χ1) is 7.33. The molecule has 0 aromatic carbocycles. The summed E-state index contributed by atoms with van der Waals surface area (Å²) in [5.74, 6) is 0.651. The molecule has 16 heavy (non-hydrogen) atoms. The van der Waals surface area contributed by atoms with Gasteiger partial charge in [-0.1, -0.05) is 19.1 Å².